The van der Waals surface area contributed by atoms with E-state index in [1.165, 1.54) is 11.3 Å². The molecule has 0 radical (unpaired) electrons. The Labute approximate surface area is 166 Å². The Morgan fingerprint density at radius 3 is 2.86 bits per heavy atom. The van der Waals surface area contributed by atoms with Gasteiger partial charge in [-0.25, -0.2) is 9.97 Å². The number of aromatic amines is 1. The zero-order chi connectivity index (χ0) is 19.3. The van der Waals surface area contributed by atoms with Crippen molar-refractivity contribution in [3.05, 3.63) is 46.9 Å². The van der Waals surface area contributed by atoms with Gasteiger partial charge < -0.3 is 14.6 Å². The van der Waals surface area contributed by atoms with Gasteiger partial charge in [-0.1, -0.05) is 11.6 Å². The normalized spacial score (nSPS) is 13.8. The average molecular weight is 396 g/mol. The van der Waals surface area contributed by atoms with Crippen molar-refractivity contribution in [1.29, 1.82) is 0 Å². The maximum absolute atomic E-state index is 6.21. The Kier molecular flexibility index (Phi) is 3.94. The third-order valence-electron chi connectivity index (χ3n) is 5.14. The van der Waals surface area contributed by atoms with Gasteiger partial charge >= 0.3 is 0 Å². The summed E-state index contributed by atoms with van der Waals surface area (Å²) in [7, 11) is 3.50. The van der Waals surface area contributed by atoms with E-state index in [2.05, 4.69) is 30.0 Å². The number of benzene rings is 1. The fourth-order valence-electron chi connectivity index (χ4n) is 3.71. The molecule has 5 rings (SSSR count). The lowest BCUT2D eigenvalue weighted by molar-refractivity contribution is 0.396. The number of methoxy groups -OCH3 is 1. The van der Waals surface area contributed by atoms with Crippen LogP contribution in [-0.4, -0.2) is 43.4 Å². The Morgan fingerprint density at radius 2 is 2.07 bits per heavy atom. The molecule has 9 heteroatoms. The second kappa shape index (κ2) is 6.49. The molecular weight excluding hydrogens is 378 g/mol. The highest BCUT2D eigenvalue weighted by atomic mass is 35.5. The first-order valence-corrected chi connectivity index (χ1v) is 9.31. The minimum Gasteiger partial charge on any atom is -0.480 e. The summed E-state index contributed by atoms with van der Waals surface area (Å²) in [4.78, 5) is 14.3. The first kappa shape index (κ1) is 17.0. The number of ether oxygens (including phenoxy) is 1. The number of fused-ring (bicyclic) bond motifs is 3. The molecule has 3 aromatic heterocycles. The Morgan fingerprint density at radius 1 is 1.18 bits per heavy atom. The molecule has 1 N–H and O–H groups in total. The fraction of sp³-hybridized carbons (Fsp3) is 0.263. The number of nitrogens with zero attached hydrogens (tertiary/aromatic N) is 6. The van der Waals surface area contributed by atoms with Gasteiger partial charge in [-0.15, -0.1) is 10.2 Å². The molecule has 28 heavy (non-hydrogen) atoms. The SMILES string of the molecule is COc1cnc(-c2nnc(N3CCc4[nH]c5ccc(Cl)cc5c4C3)n2C)cn1. The van der Waals surface area contributed by atoms with Gasteiger partial charge in [0.2, 0.25) is 11.8 Å². The maximum atomic E-state index is 6.21. The lowest BCUT2D eigenvalue weighted by Gasteiger charge is -2.27. The Hall–Kier alpha value is -3.13. The molecule has 1 aliphatic heterocycles. The van der Waals surface area contributed by atoms with E-state index in [0.29, 0.717) is 17.4 Å². The Bertz CT molecular complexity index is 1170. The number of hydrogen-bond acceptors (Lipinski definition) is 6. The average Bonchev–Trinajstić information content (AvgIpc) is 3.28. The molecule has 142 valence electrons. The van der Waals surface area contributed by atoms with Crippen LogP contribution < -0.4 is 9.64 Å². The largest absolute Gasteiger partial charge is 0.480 e. The number of hydrogen-bond donors (Lipinski definition) is 1. The molecule has 1 aromatic carbocycles. The standard InChI is InChI=1S/C19H18ClN7O/c1-26-18(16-8-22-17(28-2)9-21-16)24-25-19(26)27-6-5-15-13(10-27)12-7-11(20)3-4-14(12)23-15/h3-4,7-9,23H,5-6,10H2,1-2H3. The van der Waals surface area contributed by atoms with Crippen molar-refractivity contribution < 1.29 is 4.74 Å². The monoisotopic (exact) mass is 395 g/mol. The van der Waals surface area contributed by atoms with Crippen LogP contribution in [0.1, 0.15) is 11.3 Å². The highest BCUT2D eigenvalue weighted by molar-refractivity contribution is 6.31. The molecule has 0 aliphatic carbocycles. The molecule has 0 spiro atoms. The van der Waals surface area contributed by atoms with E-state index in [0.717, 1.165) is 41.4 Å². The fourth-order valence-corrected chi connectivity index (χ4v) is 3.89. The van der Waals surface area contributed by atoms with Crippen molar-refractivity contribution >= 4 is 28.5 Å². The lowest BCUT2D eigenvalue weighted by atomic mass is 10.0. The van der Waals surface area contributed by atoms with E-state index in [1.807, 2.05) is 29.8 Å². The number of halogens is 1. The molecule has 0 amide bonds. The zero-order valence-corrected chi connectivity index (χ0v) is 16.2. The summed E-state index contributed by atoms with van der Waals surface area (Å²) in [6.45, 7) is 1.60. The van der Waals surface area contributed by atoms with Crippen LogP contribution in [0.5, 0.6) is 5.88 Å². The smallest absolute Gasteiger partial charge is 0.232 e. The minimum absolute atomic E-state index is 0.465. The number of nitrogens with one attached hydrogen (secondary N) is 1. The van der Waals surface area contributed by atoms with Gasteiger partial charge in [-0.2, -0.15) is 0 Å². The van der Waals surface area contributed by atoms with Gasteiger partial charge in [-0.05, 0) is 18.2 Å². The van der Waals surface area contributed by atoms with Crippen molar-refractivity contribution in [2.24, 2.45) is 7.05 Å². The first-order valence-electron chi connectivity index (χ1n) is 8.94. The van der Waals surface area contributed by atoms with Gasteiger partial charge in [0.05, 0.1) is 19.5 Å². The summed E-state index contributed by atoms with van der Waals surface area (Å²) in [5.41, 5.74) is 4.29. The third-order valence-corrected chi connectivity index (χ3v) is 5.37. The predicted octanol–water partition coefficient (Wildman–Crippen LogP) is 2.98. The molecular formula is C19H18ClN7O. The summed E-state index contributed by atoms with van der Waals surface area (Å²) in [5.74, 6) is 1.93. The molecule has 1 aliphatic rings. The summed E-state index contributed by atoms with van der Waals surface area (Å²) >= 11 is 6.21. The molecule has 0 fully saturated rings. The van der Waals surface area contributed by atoms with Crippen LogP contribution in [0.4, 0.5) is 5.95 Å². The van der Waals surface area contributed by atoms with Gasteiger partial charge in [0.25, 0.3) is 0 Å². The van der Waals surface area contributed by atoms with Crippen LogP contribution in [0.25, 0.3) is 22.4 Å². The minimum atomic E-state index is 0.465. The second-order valence-electron chi connectivity index (χ2n) is 6.77. The molecule has 0 bridgehead atoms. The number of rotatable bonds is 3. The number of anilines is 1. The summed E-state index contributed by atoms with van der Waals surface area (Å²) in [5, 5.41) is 10.7. The molecule has 0 atom stereocenters. The molecule has 4 heterocycles. The van der Waals surface area contributed by atoms with E-state index in [4.69, 9.17) is 16.3 Å². The van der Waals surface area contributed by atoms with Crippen molar-refractivity contribution in [3.63, 3.8) is 0 Å². The van der Waals surface area contributed by atoms with E-state index in [1.54, 1.807) is 19.5 Å². The summed E-state index contributed by atoms with van der Waals surface area (Å²) < 4.78 is 7.02. The molecule has 4 aromatic rings. The summed E-state index contributed by atoms with van der Waals surface area (Å²) in [6, 6.07) is 5.96. The van der Waals surface area contributed by atoms with Gasteiger partial charge in [-0.3, -0.25) is 4.57 Å². The molecule has 0 unspecified atom stereocenters. The van der Waals surface area contributed by atoms with Crippen molar-refractivity contribution in [2.45, 2.75) is 13.0 Å². The van der Waals surface area contributed by atoms with Gasteiger partial charge in [0.1, 0.15) is 5.69 Å². The second-order valence-corrected chi connectivity index (χ2v) is 7.21. The Balaban J connectivity index is 1.48. The van der Waals surface area contributed by atoms with Crippen molar-refractivity contribution in [2.75, 3.05) is 18.6 Å². The summed E-state index contributed by atoms with van der Waals surface area (Å²) in [6.07, 6.45) is 4.13. The topological polar surface area (TPSA) is 84.8 Å². The third kappa shape index (κ3) is 2.68. The van der Waals surface area contributed by atoms with Gasteiger partial charge in [0, 0.05) is 53.7 Å². The molecule has 0 saturated carbocycles. The highest BCUT2D eigenvalue weighted by Gasteiger charge is 2.25. The van der Waals surface area contributed by atoms with E-state index in [-0.39, 0.29) is 0 Å². The lowest BCUT2D eigenvalue weighted by Crippen LogP contribution is -2.32. The highest BCUT2D eigenvalue weighted by Crippen LogP contribution is 2.32. The van der Waals surface area contributed by atoms with E-state index < -0.39 is 0 Å². The molecule has 8 nitrogen and oxygen atoms in total. The number of H-pyrrole nitrogens is 1. The van der Waals surface area contributed by atoms with Crippen LogP contribution in [0.15, 0.2) is 30.6 Å². The van der Waals surface area contributed by atoms with Gasteiger partial charge in [0.15, 0.2) is 5.82 Å². The predicted molar refractivity (Wildman–Crippen MR) is 107 cm³/mol. The van der Waals surface area contributed by atoms with Crippen molar-refractivity contribution in [3.8, 4) is 17.4 Å². The quantitative estimate of drug-likeness (QED) is 0.574. The maximum Gasteiger partial charge on any atom is 0.232 e. The molecule has 0 saturated heterocycles. The van der Waals surface area contributed by atoms with E-state index in [9.17, 15) is 0 Å². The zero-order valence-electron chi connectivity index (χ0n) is 15.5. The van der Waals surface area contributed by atoms with E-state index >= 15 is 0 Å². The first-order chi connectivity index (χ1) is 13.6. The van der Waals surface area contributed by atoms with Crippen LogP contribution in [-0.2, 0) is 20.0 Å². The van der Waals surface area contributed by atoms with Crippen LogP contribution in [0, 0.1) is 0 Å². The van der Waals surface area contributed by atoms with Crippen molar-refractivity contribution in [1.82, 2.24) is 29.7 Å². The van der Waals surface area contributed by atoms with Crippen LogP contribution >= 0.6 is 11.6 Å². The number of aromatic nitrogens is 6. The van der Waals surface area contributed by atoms with Crippen LogP contribution in [0.3, 0.4) is 0 Å². The van der Waals surface area contributed by atoms with Crippen LogP contribution in [0.2, 0.25) is 5.02 Å².